The number of phenolic OH excluding ortho intramolecular Hbond substituents is 1. The van der Waals surface area contributed by atoms with Gasteiger partial charge in [-0.1, -0.05) is 72.8 Å². The molecule has 5 aromatic rings. The Balaban J connectivity index is 1.63. The van der Waals surface area contributed by atoms with Crippen molar-refractivity contribution in [3.63, 3.8) is 0 Å². The maximum atomic E-state index is 13.0. The summed E-state index contributed by atoms with van der Waals surface area (Å²) in [6, 6.07) is 29.1. The molecule has 0 unspecified atom stereocenters. The van der Waals surface area contributed by atoms with Crippen LogP contribution in [0.3, 0.4) is 0 Å². The van der Waals surface area contributed by atoms with Crippen molar-refractivity contribution in [2.45, 2.75) is 0 Å². The maximum absolute atomic E-state index is 13.0. The van der Waals surface area contributed by atoms with E-state index in [-0.39, 0.29) is 17.2 Å². The van der Waals surface area contributed by atoms with E-state index in [1.165, 1.54) is 0 Å². The molecule has 0 spiro atoms. The van der Waals surface area contributed by atoms with Gasteiger partial charge in [0, 0.05) is 11.1 Å². The zero-order valence-electron chi connectivity index (χ0n) is 15.0. The average Bonchev–Trinajstić information content (AvgIpc) is 2.73. The molecule has 0 aliphatic carbocycles. The number of rotatable bonds is 2. The maximum Gasteiger partial charge on any atom is 0.259 e. The minimum Gasteiger partial charge on any atom is -0.507 e. The van der Waals surface area contributed by atoms with Crippen LogP contribution in [0.25, 0.3) is 32.3 Å². The topological polar surface area (TPSA) is 49.3 Å². The summed E-state index contributed by atoms with van der Waals surface area (Å²) in [7, 11) is 0. The van der Waals surface area contributed by atoms with E-state index in [0.717, 1.165) is 38.0 Å². The van der Waals surface area contributed by atoms with E-state index in [1.54, 1.807) is 12.1 Å². The number of amides is 1. The van der Waals surface area contributed by atoms with Crippen molar-refractivity contribution in [1.29, 1.82) is 0 Å². The highest BCUT2D eigenvalue weighted by molar-refractivity contribution is 6.17. The molecule has 3 heteroatoms. The fraction of sp³-hybridized carbons (Fsp3) is 0. The first-order valence-corrected chi connectivity index (χ1v) is 9.14. The molecule has 5 rings (SSSR count). The Labute approximate surface area is 161 Å². The summed E-state index contributed by atoms with van der Waals surface area (Å²) in [4.78, 5) is 13.0. The van der Waals surface area contributed by atoms with Crippen LogP contribution in [0.1, 0.15) is 10.4 Å². The van der Waals surface area contributed by atoms with Gasteiger partial charge in [0.1, 0.15) is 5.75 Å². The lowest BCUT2D eigenvalue weighted by atomic mass is 10.00. The van der Waals surface area contributed by atoms with Gasteiger partial charge in [-0.25, -0.2) is 0 Å². The van der Waals surface area contributed by atoms with Crippen molar-refractivity contribution in [2.75, 3.05) is 5.32 Å². The van der Waals surface area contributed by atoms with E-state index in [0.29, 0.717) is 0 Å². The molecule has 0 bridgehead atoms. The smallest absolute Gasteiger partial charge is 0.259 e. The molecule has 134 valence electrons. The average molecular weight is 363 g/mol. The summed E-state index contributed by atoms with van der Waals surface area (Å²) in [5.41, 5.74) is 0.989. The van der Waals surface area contributed by atoms with Crippen molar-refractivity contribution in [1.82, 2.24) is 0 Å². The first-order chi connectivity index (χ1) is 13.7. The molecule has 5 aromatic carbocycles. The third-order valence-corrected chi connectivity index (χ3v) is 5.12. The van der Waals surface area contributed by atoms with Gasteiger partial charge < -0.3 is 10.4 Å². The highest BCUT2D eigenvalue weighted by atomic mass is 16.3. The molecule has 0 saturated heterocycles. The van der Waals surface area contributed by atoms with E-state index in [9.17, 15) is 9.90 Å². The van der Waals surface area contributed by atoms with E-state index < -0.39 is 0 Å². The minimum atomic E-state index is -0.330. The largest absolute Gasteiger partial charge is 0.507 e. The number of aromatic hydroxyl groups is 1. The predicted octanol–water partition coefficient (Wildman–Crippen LogP) is 6.10. The number of fused-ring (bicyclic) bond motifs is 4. The van der Waals surface area contributed by atoms with E-state index in [1.807, 2.05) is 66.7 Å². The molecule has 1 amide bonds. The van der Waals surface area contributed by atoms with Crippen LogP contribution < -0.4 is 5.32 Å². The quantitative estimate of drug-likeness (QED) is 0.372. The number of hydrogen-bond donors (Lipinski definition) is 2. The molecule has 3 nitrogen and oxygen atoms in total. The molecule has 0 radical (unpaired) electrons. The highest BCUT2D eigenvalue weighted by Crippen LogP contribution is 2.33. The molecule has 0 aliphatic rings. The van der Waals surface area contributed by atoms with Crippen LogP contribution in [-0.4, -0.2) is 11.0 Å². The first kappa shape index (κ1) is 16.3. The van der Waals surface area contributed by atoms with Gasteiger partial charge in [-0.15, -0.1) is 0 Å². The van der Waals surface area contributed by atoms with E-state index >= 15 is 0 Å². The number of carbonyl (C=O) groups excluding carboxylic acids is 1. The van der Waals surface area contributed by atoms with Gasteiger partial charge in [-0.2, -0.15) is 0 Å². The van der Waals surface area contributed by atoms with Crippen molar-refractivity contribution in [2.24, 2.45) is 0 Å². The van der Waals surface area contributed by atoms with Gasteiger partial charge in [0.05, 0.1) is 5.56 Å². The summed E-state index contributed by atoms with van der Waals surface area (Å²) in [5, 5.41) is 19.4. The molecule has 0 fully saturated rings. The van der Waals surface area contributed by atoms with Gasteiger partial charge in [-0.3, -0.25) is 4.79 Å². The second kappa shape index (κ2) is 6.39. The predicted molar refractivity (Wildman–Crippen MR) is 115 cm³/mol. The number of benzene rings is 5. The Hall–Kier alpha value is -3.85. The van der Waals surface area contributed by atoms with Crippen molar-refractivity contribution < 1.29 is 9.90 Å². The van der Waals surface area contributed by atoms with Crippen LogP contribution in [0.2, 0.25) is 0 Å². The van der Waals surface area contributed by atoms with Gasteiger partial charge in [0.2, 0.25) is 0 Å². The Kier molecular flexibility index (Phi) is 3.73. The van der Waals surface area contributed by atoms with Gasteiger partial charge in [0.25, 0.3) is 5.91 Å². The molecule has 0 heterocycles. The van der Waals surface area contributed by atoms with Crippen molar-refractivity contribution in [3.8, 4) is 5.75 Å². The molecular formula is C25H17NO2. The third kappa shape index (κ3) is 2.65. The van der Waals surface area contributed by atoms with E-state index in [4.69, 9.17) is 0 Å². The standard InChI is InChI=1S/C25H17NO2/c27-24-15-17-8-2-1-7-16(17)13-22(24)25(28)26-23-14-18-9-3-4-10-19(18)20-11-5-6-12-21(20)23/h1-15,27H,(H,26,28). The number of hydrogen-bond acceptors (Lipinski definition) is 2. The normalized spacial score (nSPS) is 11.1. The summed E-state index contributed by atoms with van der Waals surface area (Å²) in [5.74, 6) is -0.356. The van der Waals surface area contributed by atoms with Gasteiger partial charge in [-0.05, 0) is 45.1 Å². The zero-order chi connectivity index (χ0) is 19.1. The second-order valence-corrected chi connectivity index (χ2v) is 6.86. The molecule has 0 aliphatic heterocycles. The van der Waals surface area contributed by atoms with Crippen molar-refractivity contribution >= 4 is 43.9 Å². The molecule has 0 saturated carbocycles. The second-order valence-electron chi connectivity index (χ2n) is 6.86. The van der Waals surface area contributed by atoms with Gasteiger partial charge >= 0.3 is 0 Å². The van der Waals surface area contributed by atoms with Crippen molar-refractivity contribution in [3.05, 3.63) is 96.6 Å². The SMILES string of the molecule is O=C(Nc1cc2ccccc2c2ccccc12)c1cc2ccccc2cc1O. The van der Waals surface area contributed by atoms with Gasteiger partial charge in [0.15, 0.2) is 0 Å². The number of nitrogens with one attached hydrogen (secondary N) is 1. The zero-order valence-corrected chi connectivity index (χ0v) is 15.0. The van der Waals surface area contributed by atoms with Crippen LogP contribution >= 0.6 is 0 Å². The fourth-order valence-electron chi connectivity index (χ4n) is 3.76. The molecule has 28 heavy (non-hydrogen) atoms. The summed E-state index contributed by atoms with van der Waals surface area (Å²) < 4.78 is 0. The molecule has 0 aromatic heterocycles. The van der Waals surface area contributed by atoms with Crippen LogP contribution in [0.4, 0.5) is 5.69 Å². The minimum absolute atomic E-state index is 0.0266. The van der Waals surface area contributed by atoms with Crippen LogP contribution in [0.15, 0.2) is 91.0 Å². The molecule has 2 N–H and O–H groups in total. The summed E-state index contributed by atoms with van der Waals surface area (Å²) in [6.45, 7) is 0. The first-order valence-electron chi connectivity index (χ1n) is 9.14. The van der Waals surface area contributed by atoms with Crippen LogP contribution in [-0.2, 0) is 0 Å². The Morgan fingerprint density at radius 1 is 0.643 bits per heavy atom. The Bertz CT molecular complexity index is 1370. The number of phenols is 1. The lowest BCUT2D eigenvalue weighted by Gasteiger charge is -2.13. The van der Waals surface area contributed by atoms with Crippen LogP contribution in [0.5, 0.6) is 5.75 Å². The fourth-order valence-corrected chi connectivity index (χ4v) is 3.76. The lowest BCUT2D eigenvalue weighted by molar-refractivity contribution is 0.102. The lowest BCUT2D eigenvalue weighted by Crippen LogP contribution is -2.12. The monoisotopic (exact) mass is 363 g/mol. The highest BCUT2D eigenvalue weighted by Gasteiger charge is 2.15. The number of anilines is 1. The van der Waals surface area contributed by atoms with E-state index in [2.05, 4.69) is 17.4 Å². The summed E-state index contributed by atoms with van der Waals surface area (Å²) >= 11 is 0. The summed E-state index contributed by atoms with van der Waals surface area (Å²) in [6.07, 6.45) is 0. The Morgan fingerprint density at radius 2 is 1.21 bits per heavy atom. The van der Waals surface area contributed by atoms with Crippen LogP contribution in [0, 0.1) is 0 Å². The molecule has 0 atom stereocenters. The molecular weight excluding hydrogens is 346 g/mol. The number of carbonyl (C=O) groups is 1. The third-order valence-electron chi connectivity index (χ3n) is 5.12. The Morgan fingerprint density at radius 3 is 1.96 bits per heavy atom.